The van der Waals surface area contributed by atoms with E-state index in [1.165, 1.54) is 12.0 Å². The van der Waals surface area contributed by atoms with Crippen molar-refractivity contribution in [2.24, 2.45) is 0 Å². The fraction of sp³-hybridized carbons (Fsp3) is 0.600. The minimum absolute atomic E-state index is 0.160. The van der Waals surface area contributed by atoms with Crippen LogP contribution in [0.15, 0.2) is 18.2 Å². The second kappa shape index (κ2) is 5.80. The number of ether oxygens (including phenoxy) is 3. The van der Waals surface area contributed by atoms with Crippen molar-refractivity contribution in [3.8, 4) is 11.5 Å². The average Bonchev–Trinajstić information content (AvgIpc) is 3.12. The summed E-state index contributed by atoms with van der Waals surface area (Å²) in [6.45, 7) is 3.63. The van der Waals surface area contributed by atoms with Crippen molar-refractivity contribution < 1.29 is 14.2 Å². The molecule has 3 rings (SSSR count). The van der Waals surface area contributed by atoms with Gasteiger partial charge in [0.2, 0.25) is 0 Å². The molecule has 2 fully saturated rings. The normalized spacial score (nSPS) is 26.6. The Labute approximate surface area is 114 Å². The number of methoxy groups -OCH3 is 1. The van der Waals surface area contributed by atoms with Crippen molar-refractivity contribution in [3.05, 3.63) is 23.8 Å². The second-order valence-electron chi connectivity index (χ2n) is 5.20. The van der Waals surface area contributed by atoms with Gasteiger partial charge in [0.05, 0.1) is 20.3 Å². The molecule has 2 unspecified atom stereocenters. The standard InChI is InChI=1S/C15H21NO3/c1-17-15-8-11(12-4-6-16-9-12)2-3-14(15)19-13-5-7-18-10-13/h2-3,8,12-13,16H,4-7,9-10H2,1H3. The molecule has 0 bridgehead atoms. The molecule has 2 saturated heterocycles. The molecule has 0 aromatic heterocycles. The summed E-state index contributed by atoms with van der Waals surface area (Å²) in [5, 5.41) is 3.39. The maximum atomic E-state index is 5.95. The first kappa shape index (κ1) is 12.8. The van der Waals surface area contributed by atoms with Gasteiger partial charge in [-0.05, 0) is 36.6 Å². The lowest BCUT2D eigenvalue weighted by Crippen LogP contribution is -2.16. The van der Waals surface area contributed by atoms with Gasteiger partial charge in [0.25, 0.3) is 0 Å². The highest BCUT2D eigenvalue weighted by atomic mass is 16.6. The highest BCUT2D eigenvalue weighted by molar-refractivity contribution is 5.44. The van der Waals surface area contributed by atoms with E-state index in [0.717, 1.165) is 37.6 Å². The Bertz CT molecular complexity index is 423. The molecular formula is C15H21NO3. The maximum Gasteiger partial charge on any atom is 0.161 e. The first-order valence-electron chi connectivity index (χ1n) is 7.00. The third-order valence-electron chi connectivity index (χ3n) is 3.90. The molecule has 2 atom stereocenters. The van der Waals surface area contributed by atoms with E-state index in [2.05, 4.69) is 17.4 Å². The van der Waals surface area contributed by atoms with E-state index >= 15 is 0 Å². The first-order valence-corrected chi connectivity index (χ1v) is 7.00. The van der Waals surface area contributed by atoms with E-state index in [0.29, 0.717) is 12.5 Å². The fourth-order valence-electron chi connectivity index (χ4n) is 2.76. The summed E-state index contributed by atoms with van der Waals surface area (Å²) in [5.41, 5.74) is 1.33. The fourth-order valence-corrected chi connectivity index (χ4v) is 2.76. The van der Waals surface area contributed by atoms with Gasteiger partial charge < -0.3 is 19.5 Å². The van der Waals surface area contributed by atoms with Crippen LogP contribution >= 0.6 is 0 Å². The van der Waals surface area contributed by atoms with Gasteiger partial charge >= 0.3 is 0 Å². The second-order valence-corrected chi connectivity index (χ2v) is 5.20. The number of rotatable bonds is 4. The third-order valence-corrected chi connectivity index (χ3v) is 3.90. The van der Waals surface area contributed by atoms with Crippen LogP contribution in [0.4, 0.5) is 0 Å². The summed E-state index contributed by atoms with van der Waals surface area (Å²) >= 11 is 0. The third kappa shape index (κ3) is 2.85. The molecule has 1 aromatic rings. The van der Waals surface area contributed by atoms with Crippen LogP contribution in [0.1, 0.15) is 24.3 Å². The summed E-state index contributed by atoms with van der Waals surface area (Å²) in [7, 11) is 1.70. The summed E-state index contributed by atoms with van der Waals surface area (Å²) in [4.78, 5) is 0. The molecule has 1 N–H and O–H groups in total. The lowest BCUT2D eigenvalue weighted by molar-refractivity contribution is 0.138. The lowest BCUT2D eigenvalue weighted by Gasteiger charge is -2.17. The minimum atomic E-state index is 0.160. The van der Waals surface area contributed by atoms with Crippen molar-refractivity contribution >= 4 is 0 Å². The Morgan fingerprint density at radius 2 is 2.21 bits per heavy atom. The van der Waals surface area contributed by atoms with Crippen LogP contribution in [0.5, 0.6) is 11.5 Å². The molecule has 0 amide bonds. The summed E-state index contributed by atoms with van der Waals surface area (Å²) < 4.78 is 16.8. The van der Waals surface area contributed by atoms with Gasteiger partial charge in [0.1, 0.15) is 6.10 Å². The average molecular weight is 263 g/mol. The van der Waals surface area contributed by atoms with E-state index in [-0.39, 0.29) is 6.10 Å². The summed E-state index contributed by atoms with van der Waals surface area (Å²) in [6, 6.07) is 6.30. The molecule has 2 aliphatic rings. The predicted octanol–water partition coefficient (Wildman–Crippen LogP) is 1.94. The molecule has 4 nitrogen and oxygen atoms in total. The number of nitrogens with one attached hydrogen (secondary N) is 1. The van der Waals surface area contributed by atoms with Gasteiger partial charge in [0.15, 0.2) is 11.5 Å². The first-order chi connectivity index (χ1) is 9.36. The van der Waals surface area contributed by atoms with Crippen LogP contribution in [-0.2, 0) is 4.74 Å². The minimum Gasteiger partial charge on any atom is -0.493 e. The molecule has 0 saturated carbocycles. The zero-order valence-electron chi connectivity index (χ0n) is 11.4. The Hall–Kier alpha value is -1.26. The van der Waals surface area contributed by atoms with Crippen molar-refractivity contribution in [1.29, 1.82) is 0 Å². The predicted molar refractivity (Wildman–Crippen MR) is 73.1 cm³/mol. The maximum absolute atomic E-state index is 5.95. The molecular weight excluding hydrogens is 242 g/mol. The van der Waals surface area contributed by atoms with Gasteiger partial charge in [-0.3, -0.25) is 0 Å². The molecule has 4 heteroatoms. The van der Waals surface area contributed by atoms with Crippen LogP contribution in [0.25, 0.3) is 0 Å². The van der Waals surface area contributed by atoms with Gasteiger partial charge in [0, 0.05) is 13.0 Å². The quantitative estimate of drug-likeness (QED) is 0.901. The van der Waals surface area contributed by atoms with Gasteiger partial charge in [-0.1, -0.05) is 6.07 Å². The van der Waals surface area contributed by atoms with Crippen molar-refractivity contribution in [2.45, 2.75) is 24.9 Å². The Balaban J connectivity index is 1.76. The zero-order chi connectivity index (χ0) is 13.1. The monoisotopic (exact) mass is 263 g/mol. The lowest BCUT2D eigenvalue weighted by atomic mass is 9.98. The van der Waals surface area contributed by atoms with Gasteiger partial charge in [-0.25, -0.2) is 0 Å². The van der Waals surface area contributed by atoms with Gasteiger partial charge in [-0.15, -0.1) is 0 Å². The van der Waals surface area contributed by atoms with E-state index in [9.17, 15) is 0 Å². The molecule has 2 aliphatic heterocycles. The molecule has 104 valence electrons. The summed E-state index contributed by atoms with van der Waals surface area (Å²) in [5.74, 6) is 2.25. The van der Waals surface area contributed by atoms with Gasteiger partial charge in [-0.2, -0.15) is 0 Å². The van der Waals surface area contributed by atoms with Crippen molar-refractivity contribution in [3.63, 3.8) is 0 Å². The van der Waals surface area contributed by atoms with Crippen LogP contribution in [0, 0.1) is 0 Å². The van der Waals surface area contributed by atoms with E-state index < -0.39 is 0 Å². The molecule has 19 heavy (non-hydrogen) atoms. The highest BCUT2D eigenvalue weighted by Gasteiger charge is 2.21. The highest BCUT2D eigenvalue weighted by Crippen LogP contribution is 2.34. The Morgan fingerprint density at radius 1 is 1.26 bits per heavy atom. The number of hydrogen-bond donors (Lipinski definition) is 1. The largest absolute Gasteiger partial charge is 0.493 e. The van der Waals surface area contributed by atoms with Crippen LogP contribution in [0.3, 0.4) is 0 Å². The Morgan fingerprint density at radius 3 is 2.89 bits per heavy atom. The van der Waals surface area contributed by atoms with E-state index in [4.69, 9.17) is 14.2 Å². The Kier molecular flexibility index (Phi) is 3.89. The van der Waals surface area contributed by atoms with Crippen LogP contribution < -0.4 is 14.8 Å². The molecule has 1 aromatic carbocycles. The topological polar surface area (TPSA) is 39.7 Å². The van der Waals surface area contributed by atoms with Crippen molar-refractivity contribution in [2.75, 3.05) is 33.4 Å². The number of hydrogen-bond acceptors (Lipinski definition) is 4. The smallest absolute Gasteiger partial charge is 0.161 e. The van der Waals surface area contributed by atoms with Crippen molar-refractivity contribution in [1.82, 2.24) is 5.32 Å². The molecule has 2 heterocycles. The molecule has 0 spiro atoms. The van der Waals surface area contributed by atoms with E-state index in [1.54, 1.807) is 7.11 Å². The van der Waals surface area contributed by atoms with Crippen LogP contribution in [0.2, 0.25) is 0 Å². The number of benzene rings is 1. The zero-order valence-corrected chi connectivity index (χ0v) is 11.4. The van der Waals surface area contributed by atoms with E-state index in [1.807, 2.05) is 6.07 Å². The molecule has 0 aliphatic carbocycles. The summed E-state index contributed by atoms with van der Waals surface area (Å²) in [6.07, 6.45) is 2.31. The SMILES string of the molecule is COc1cc(C2CCNC2)ccc1OC1CCOC1. The molecule has 0 radical (unpaired) electrons. The van der Waals surface area contributed by atoms with Crippen LogP contribution in [-0.4, -0.2) is 39.5 Å².